The highest BCUT2D eigenvalue weighted by Crippen LogP contribution is 2.15. The molecule has 2 heterocycles. The normalized spacial score (nSPS) is 11.8. The van der Waals surface area contributed by atoms with Crippen LogP contribution in [0.25, 0.3) is 11.5 Å². The van der Waals surface area contributed by atoms with Gasteiger partial charge in [-0.05, 0) is 38.0 Å². The second-order valence-electron chi connectivity index (χ2n) is 5.38. The summed E-state index contributed by atoms with van der Waals surface area (Å²) in [4.78, 5) is 30.7. The lowest BCUT2D eigenvalue weighted by Gasteiger charge is -2.11. The van der Waals surface area contributed by atoms with Crippen LogP contribution in [0.2, 0.25) is 0 Å². The molecule has 0 bridgehead atoms. The molecule has 4 N–H and O–H groups in total. The highest BCUT2D eigenvalue weighted by Gasteiger charge is 2.15. The van der Waals surface area contributed by atoms with Crippen LogP contribution in [0.5, 0.6) is 0 Å². The van der Waals surface area contributed by atoms with Crippen LogP contribution >= 0.6 is 0 Å². The number of carbonyl (C=O) groups excluding carboxylic acids is 1. The predicted octanol–water partition coefficient (Wildman–Crippen LogP) is 1.40. The monoisotopic (exact) mass is 332 g/mol. The lowest BCUT2D eigenvalue weighted by atomic mass is 10.2. The van der Waals surface area contributed by atoms with Gasteiger partial charge in [-0.1, -0.05) is 0 Å². The van der Waals surface area contributed by atoms with Crippen LogP contribution in [-0.2, 0) is 4.79 Å². The Labute approximate surface area is 138 Å². The van der Waals surface area contributed by atoms with Gasteiger partial charge in [-0.3, -0.25) is 14.9 Å². The molecular weight excluding hydrogens is 312 g/mol. The van der Waals surface area contributed by atoms with E-state index in [0.29, 0.717) is 30.3 Å². The Kier molecular flexibility index (Phi) is 5.83. The van der Waals surface area contributed by atoms with Crippen molar-refractivity contribution in [2.45, 2.75) is 32.7 Å². The number of H-pyrrole nitrogens is 1. The van der Waals surface area contributed by atoms with E-state index in [-0.39, 0.29) is 18.5 Å². The molecule has 1 atom stereocenters. The highest BCUT2D eigenvalue weighted by atomic mass is 16.4. The molecule has 0 radical (unpaired) electrons. The van der Waals surface area contributed by atoms with E-state index in [1.165, 1.54) is 0 Å². The molecule has 24 heavy (non-hydrogen) atoms. The van der Waals surface area contributed by atoms with Crippen molar-refractivity contribution >= 4 is 12.0 Å². The zero-order valence-electron chi connectivity index (χ0n) is 13.5. The second-order valence-corrected chi connectivity index (χ2v) is 5.38. The Bertz CT molecular complexity index is 715. The first-order valence-corrected chi connectivity index (χ1v) is 7.57. The molecule has 0 saturated heterocycles. The molecule has 0 aliphatic heterocycles. The first-order chi connectivity index (χ1) is 11.5. The molecule has 2 aromatic rings. The van der Waals surface area contributed by atoms with Crippen molar-refractivity contribution in [2.24, 2.45) is 0 Å². The van der Waals surface area contributed by atoms with Crippen molar-refractivity contribution < 1.29 is 14.7 Å². The third-order valence-corrected chi connectivity index (χ3v) is 3.26. The lowest BCUT2D eigenvalue weighted by molar-refractivity contribution is -0.137. The van der Waals surface area contributed by atoms with E-state index in [1.807, 2.05) is 19.1 Å². The number of nitrogens with zero attached hydrogens (tertiary/aromatic N) is 3. The molecule has 0 spiro atoms. The van der Waals surface area contributed by atoms with Crippen LogP contribution in [0, 0.1) is 6.92 Å². The first-order valence-electron chi connectivity index (χ1n) is 7.57. The van der Waals surface area contributed by atoms with Gasteiger partial charge in [-0.25, -0.2) is 9.78 Å². The van der Waals surface area contributed by atoms with Crippen LogP contribution in [0.1, 0.15) is 37.2 Å². The number of carbonyl (C=O) groups is 2. The van der Waals surface area contributed by atoms with E-state index in [4.69, 9.17) is 5.11 Å². The average molecular weight is 332 g/mol. The number of pyridine rings is 1. The van der Waals surface area contributed by atoms with E-state index in [2.05, 4.69) is 30.8 Å². The lowest BCUT2D eigenvalue weighted by Crippen LogP contribution is -2.37. The molecule has 1 unspecified atom stereocenters. The quantitative estimate of drug-likeness (QED) is 0.566. The van der Waals surface area contributed by atoms with Crippen molar-refractivity contribution in [2.75, 3.05) is 6.54 Å². The summed E-state index contributed by atoms with van der Waals surface area (Å²) in [6, 6.07) is 2.99. The summed E-state index contributed by atoms with van der Waals surface area (Å²) in [5.74, 6) is 0.0859. The van der Waals surface area contributed by atoms with E-state index in [0.717, 1.165) is 5.56 Å². The number of aliphatic carboxylic acids is 1. The van der Waals surface area contributed by atoms with Crippen LogP contribution in [0.15, 0.2) is 18.3 Å². The fourth-order valence-electron chi connectivity index (χ4n) is 2.00. The van der Waals surface area contributed by atoms with Gasteiger partial charge >= 0.3 is 12.0 Å². The standard InChI is InChI=1S/C15H20N6O3/c1-9-5-7-16-11(8-9)14-19-13(20-21-14)10(2)18-15(24)17-6-3-4-12(22)23/h5,7-8,10H,3-4,6H2,1-2H3,(H,22,23)(H2,17,18,24)(H,19,20,21). The minimum atomic E-state index is -0.885. The maximum Gasteiger partial charge on any atom is 0.315 e. The smallest absolute Gasteiger partial charge is 0.315 e. The first kappa shape index (κ1) is 17.4. The number of carboxylic acids is 1. The van der Waals surface area contributed by atoms with Crippen LogP contribution in [0.3, 0.4) is 0 Å². The number of aromatic amines is 1. The number of carboxylic acid groups (broad SMARTS) is 1. The van der Waals surface area contributed by atoms with Crippen LogP contribution < -0.4 is 10.6 Å². The molecule has 0 aliphatic carbocycles. The Morgan fingerprint density at radius 3 is 2.92 bits per heavy atom. The van der Waals surface area contributed by atoms with Crippen molar-refractivity contribution in [1.82, 2.24) is 30.8 Å². The Morgan fingerprint density at radius 1 is 1.42 bits per heavy atom. The molecule has 2 rings (SSSR count). The minimum absolute atomic E-state index is 0.0186. The van der Waals surface area contributed by atoms with E-state index >= 15 is 0 Å². The van der Waals surface area contributed by atoms with E-state index in [1.54, 1.807) is 13.1 Å². The summed E-state index contributed by atoms with van der Waals surface area (Å²) in [6.07, 6.45) is 2.08. The molecule has 0 fully saturated rings. The molecule has 9 heteroatoms. The predicted molar refractivity (Wildman–Crippen MR) is 86.2 cm³/mol. The molecular formula is C15H20N6O3. The van der Waals surface area contributed by atoms with Gasteiger partial charge in [0.25, 0.3) is 0 Å². The number of nitrogens with one attached hydrogen (secondary N) is 3. The third-order valence-electron chi connectivity index (χ3n) is 3.26. The largest absolute Gasteiger partial charge is 0.481 e. The minimum Gasteiger partial charge on any atom is -0.481 e. The number of urea groups is 1. The van der Waals surface area contributed by atoms with Gasteiger partial charge in [0.05, 0.1) is 6.04 Å². The summed E-state index contributed by atoms with van der Waals surface area (Å²) < 4.78 is 0. The van der Waals surface area contributed by atoms with Gasteiger partial charge in [-0.2, -0.15) is 5.10 Å². The summed E-state index contributed by atoms with van der Waals surface area (Å²) in [5.41, 5.74) is 1.71. The van der Waals surface area contributed by atoms with E-state index in [9.17, 15) is 9.59 Å². The van der Waals surface area contributed by atoms with Gasteiger partial charge in [-0.15, -0.1) is 0 Å². The zero-order chi connectivity index (χ0) is 17.5. The average Bonchev–Trinajstić information content (AvgIpc) is 3.01. The second kappa shape index (κ2) is 8.04. The number of hydrogen-bond donors (Lipinski definition) is 4. The van der Waals surface area contributed by atoms with Gasteiger partial charge in [0.15, 0.2) is 5.82 Å². The van der Waals surface area contributed by atoms with Crippen molar-refractivity contribution in [3.63, 3.8) is 0 Å². The zero-order valence-corrected chi connectivity index (χ0v) is 13.5. The van der Waals surface area contributed by atoms with E-state index < -0.39 is 5.97 Å². The number of hydrogen-bond acceptors (Lipinski definition) is 5. The molecule has 2 aromatic heterocycles. The molecule has 0 saturated carbocycles. The number of rotatable bonds is 7. The third kappa shape index (κ3) is 5.04. The highest BCUT2D eigenvalue weighted by molar-refractivity contribution is 5.74. The Balaban J connectivity index is 1.88. The topological polar surface area (TPSA) is 133 Å². The SMILES string of the molecule is Cc1ccnc(-c2n[nH]c(C(C)NC(=O)NCCCC(=O)O)n2)c1. The molecule has 2 amide bonds. The number of amides is 2. The fourth-order valence-corrected chi connectivity index (χ4v) is 2.00. The molecule has 0 aromatic carbocycles. The molecule has 0 aliphatic rings. The van der Waals surface area contributed by atoms with Crippen LogP contribution in [-0.4, -0.2) is 43.8 Å². The number of aromatic nitrogens is 4. The maximum atomic E-state index is 11.7. The maximum absolute atomic E-state index is 11.7. The van der Waals surface area contributed by atoms with Gasteiger partial charge in [0.2, 0.25) is 0 Å². The van der Waals surface area contributed by atoms with Crippen molar-refractivity contribution in [3.05, 3.63) is 29.7 Å². The van der Waals surface area contributed by atoms with Gasteiger partial charge in [0.1, 0.15) is 11.5 Å². The Hall–Kier alpha value is -2.97. The molecule has 9 nitrogen and oxygen atoms in total. The Morgan fingerprint density at radius 2 is 2.21 bits per heavy atom. The molecule has 128 valence electrons. The van der Waals surface area contributed by atoms with Gasteiger partial charge in [0, 0.05) is 19.2 Å². The van der Waals surface area contributed by atoms with Crippen LogP contribution in [0.4, 0.5) is 4.79 Å². The summed E-state index contributed by atoms with van der Waals surface area (Å²) in [7, 11) is 0. The summed E-state index contributed by atoms with van der Waals surface area (Å²) in [6.45, 7) is 4.02. The summed E-state index contributed by atoms with van der Waals surface area (Å²) in [5, 5.41) is 20.7. The number of aryl methyl sites for hydroxylation is 1. The van der Waals surface area contributed by atoms with Crippen molar-refractivity contribution in [1.29, 1.82) is 0 Å². The summed E-state index contributed by atoms with van der Waals surface area (Å²) >= 11 is 0. The van der Waals surface area contributed by atoms with Gasteiger partial charge < -0.3 is 15.7 Å². The fraction of sp³-hybridized carbons (Fsp3) is 0.400. The van der Waals surface area contributed by atoms with Crippen molar-refractivity contribution in [3.8, 4) is 11.5 Å².